The van der Waals surface area contributed by atoms with Gasteiger partial charge in [0.1, 0.15) is 6.10 Å². The van der Waals surface area contributed by atoms with Crippen molar-refractivity contribution >= 4 is 17.8 Å². The second-order valence-corrected chi connectivity index (χ2v) is 7.61. The highest BCUT2D eigenvalue weighted by Gasteiger charge is 2.31. The molecule has 1 aromatic carbocycles. The summed E-state index contributed by atoms with van der Waals surface area (Å²) in [6.45, 7) is 6.77. The molecule has 2 aliphatic rings. The molecule has 30 heavy (non-hydrogen) atoms. The number of guanidine groups is 1. The van der Waals surface area contributed by atoms with Crippen LogP contribution in [0.15, 0.2) is 35.3 Å². The molecule has 2 heterocycles. The topological polar surface area (TPSA) is 77.5 Å². The number of rotatable bonds is 6. The van der Waals surface area contributed by atoms with Crippen LogP contribution in [0.25, 0.3) is 0 Å². The monoisotopic (exact) mass is 415 g/mol. The molecule has 1 N–H and O–H groups in total. The lowest BCUT2D eigenvalue weighted by Crippen LogP contribution is -2.56. The molecule has 2 saturated heterocycles. The Bertz CT molecular complexity index is 726. The van der Waals surface area contributed by atoms with Crippen LogP contribution in [0.3, 0.4) is 0 Å². The summed E-state index contributed by atoms with van der Waals surface area (Å²) in [6, 6.07) is 9.99. The number of amides is 2. The summed E-state index contributed by atoms with van der Waals surface area (Å²) in [6.07, 6.45) is 1.51. The lowest BCUT2D eigenvalue weighted by molar-refractivity contribution is -0.142. The van der Waals surface area contributed by atoms with E-state index in [2.05, 4.69) is 15.2 Å². The number of piperazine rings is 1. The Morgan fingerprint density at radius 2 is 1.87 bits per heavy atom. The summed E-state index contributed by atoms with van der Waals surface area (Å²) in [5.74, 6) is 0.836. The van der Waals surface area contributed by atoms with Crippen LogP contribution in [0.4, 0.5) is 0 Å². The van der Waals surface area contributed by atoms with Crippen LogP contribution in [0.2, 0.25) is 0 Å². The Hall–Kier alpha value is -2.61. The van der Waals surface area contributed by atoms with E-state index in [9.17, 15) is 9.59 Å². The van der Waals surface area contributed by atoms with E-state index in [0.717, 1.165) is 18.4 Å². The van der Waals surface area contributed by atoms with Crippen LogP contribution in [0.1, 0.15) is 25.3 Å². The first kappa shape index (κ1) is 22.1. The average Bonchev–Trinajstić information content (AvgIpc) is 3.33. The number of carbonyl (C=O) groups excluding carboxylic acids is 2. The van der Waals surface area contributed by atoms with Crippen LogP contribution in [0.5, 0.6) is 0 Å². The number of nitrogens with one attached hydrogen (secondary N) is 1. The predicted octanol–water partition coefficient (Wildman–Crippen LogP) is 0.934. The Morgan fingerprint density at radius 3 is 2.47 bits per heavy atom. The van der Waals surface area contributed by atoms with E-state index in [4.69, 9.17) is 4.74 Å². The van der Waals surface area contributed by atoms with Gasteiger partial charge in [-0.3, -0.25) is 14.6 Å². The second kappa shape index (κ2) is 11.0. The van der Waals surface area contributed by atoms with E-state index in [0.29, 0.717) is 51.8 Å². The Balaban J connectivity index is 1.46. The lowest BCUT2D eigenvalue weighted by atomic mass is 10.2. The average molecular weight is 416 g/mol. The first-order chi connectivity index (χ1) is 14.6. The number of hydrogen-bond acceptors (Lipinski definition) is 4. The van der Waals surface area contributed by atoms with Gasteiger partial charge in [-0.1, -0.05) is 30.3 Å². The molecule has 0 radical (unpaired) electrons. The van der Waals surface area contributed by atoms with Crippen molar-refractivity contribution in [3.63, 3.8) is 0 Å². The minimum absolute atomic E-state index is 0.0368. The van der Waals surface area contributed by atoms with Gasteiger partial charge in [0, 0.05) is 52.9 Å². The van der Waals surface area contributed by atoms with Gasteiger partial charge in [-0.15, -0.1) is 0 Å². The summed E-state index contributed by atoms with van der Waals surface area (Å²) >= 11 is 0. The minimum atomic E-state index is -0.267. The fraction of sp³-hybridized carbons (Fsp3) is 0.591. The molecule has 1 unspecified atom stereocenters. The zero-order chi connectivity index (χ0) is 21.3. The van der Waals surface area contributed by atoms with Crippen LogP contribution in [-0.4, -0.2) is 91.5 Å². The van der Waals surface area contributed by atoms with E-state index >= 15 is 0 Å². The van der Waals surface area contributed by atoms with Gasteiger partial charge in [0.25, 0.3) is 5.91 Å². The van der Waals surface area contributed by atoms with E-state index < -0.39 is 0 Å². The Kier molecular flexibility index (Phi) is 8.07. The number of hydrogen-bond donors (Lipinski definition) is 1. The summed E-state index contributed by atoms with van der Waals surface area (Å²) in [4.78, 5) is 35.3. The highest BCUT2D eigenvalue weighted by atomic mass is 16.5. The Morgan fingerprint density at radius 1 is 1.17 bits per heavy atom. The van der Waals surface area contributed by atoms with E-state index in [-0.39, 0.29) is 24.5 Å². The van der Waals surface area contributed by atoms with Gasteiger partial charge in [0.05, 0.1) is 6.54 Å². The van der Waals surface area contributed by atoms with Gasteiger partial charge in [-0.2, -0.15) is 0 Å². The van der Waals surface area contributed by atoms with Crippen molar-refractivity contribution in [3.8, 4) is 0 Å². The molecule has 8 nitrogen and oxygen atoms in total. The van der Waals surface area contributed by atoms with Crippen molar-refractivity contribution in [2.75, 3.05) is 52.9 Å². The summed E-state index contributed by atoms with van der Waals surface area (Å²) < 4.78 is 5.52. The first-order valence-corrected chi connectivity index (χ1v) is 10.8. The molecule has 1 aromatic rings. The van der Waals surface area contributed by atoms with Gasteiger partial charge in [-0.05, 0) is 25.3 Å². The fourth-order valence-corrected chi connectivity index (χ4v) is 3.89. The third-order valence-corrected chi connectivity index (χ3v) is 5.66. The number of aliphatic imine (C=N–C) groups is 1. The number of likely N-dealkylation sites (N-methyl/N-ethyl adjacent to an activating group) is 1. The molecular weight excluding hydrogens is 382 g/mol. The molecule has 1 atom stereocenters. The number of carbonyl (C=O) groups is 2. The number of ether oxygens (including phenoxy) is 1. The van der Waals surface area contributed by atoms with Crippen molar-refractivity contribution in [1.29, 1.82) is 0 Å². The van der Waals surface area contributed by atoms with Gasteiger partial charge in [-0.25, -0.2) is 0 Å². The van der Waals surface area contributed by atoms with Gasteiger partial charge in [0.2, 0.25) is 5.91 Å². The second-order valence-electron chi connectivity index (χ2n) is 7.61. The molecule has 3 rings (SSSR count). The molecule has 0 bridgehead atoms. The summed E-state index contributed by atoms with van der Waals surface area (Å²) in [5.41, 5.74) is 1.11. The zero-order valence-electron chi connectivity index (χ0n) is 18.0. The van der Waals surface area contributed by atoms with Crippen LogP contribution >= 0.6 is 0 Å². The highest BCUT2D eigenvalue weighted by Crippen LogP contribution is 2.16. The van der Waals surface area contributed by atoms with Crippen molar-refractivity contribution in [2.45, 2.75) is 32.4 Å². The van der Waals surface area contributed by atoms with Crippen molar-refractivity contribution < 1.29 is 14.3 Å². The molecule has 0 aliphatic carbocycles. The maximum Gasteiger partial charge on any atom is 0.251 e. The standard InChI is InChI=1S/C22H33N5O3/c1-3-25(17-18-8-5-4-6-9-18)20(28)16-24-22(23-2)27-13-11-26(12-14-27)21(29)19-10-7-15-30-19/h4-6,8-9,19H,3,7,10-17H2,1-2H3,(H,23,24). The predicted molar refractivity (Wildman–Crippen MR) is 116 cm³/mol. The van der Waals surface area contributed by atoms with Crippen molar-refractivity contribution in [3.05, 3.63) is 35.9 Å². The quantitative estimate of drug-likeness (QED) is 0.553. The highest BCUT2D eigenvalue weighted by molar-refractivity contribution is 5.87. The molecule has 8 heteroatoms. The first-order valence-electron chi connectivity index (χ1n) is 10.8. The number of nitrogens with zero attached hydrogens (tertiary/aromatic N) is 4. The molecule has 2 aliphatic heterocycles. The molecule has 0 aromatic heterocycles. The Labute approximate surface area is 178 Å². The third kappa shape index (κ3) is 5.72. The van der Waals surface area contributed by atoms with Crippen LogP contribution < -0.4 is 5.32 Å². The zero-order valence-corrected chi connectivity index (χ0v) is 18.0. The van der Waals surface area contributed by atoms with E-state index in [1.54, 1.807) is 7.05 Å². The summed E-state index contributed by atoms with van der Waals surface area (Å²) in [7, 11) is 1.72. The van der Waals surface area contributed by atoms with E-state index in [1.165, 1.54) is 0 Å². The van der Waals surface area contributed by atoms with Crippen molar-refractivity contribution in [2.24, 2.45) is 4.99 Å². The van der Waals surface area contributed by atoms with Gasteiger partial charge in [0.15, 0.2) is 5.96 Å². The SMILES string of the molecule is CCN(Cc1ccccc1)C(=O)CNC(=NC)N1CCN(C(=O)C2CCCO2)CC1. The van der Waals surface area contributed by atoms with Crippen LogP contribution in [-0.2, 0) is 20.9 Å². The number of benzene rings is 1. The lowest BCUT2D eigenvalue weighted by Gasteiger charge is -2.37. The normalized spacial score (nSPS) is 19.7. The fourth-order valence-electron chi connectivity index (χ4n) is 3.89. The van der Waals surface area contributed by atoms with Gasteiger partial charge >= 0.3 is 0 Å². The van der Waals surface area contributed by atoms with E-state index in [1.807, 2.05) is 47.1 Å². The summed E-state index contributed by atoms with van der Waals surface area (Å²) in [5, 5.41) is 3.20. The molecule has 0 spiro atoms. The molecular formula is C22H33N5O3. The van der Waals surface area contributed by atoms with Gasteiger partial charge < -0.3 is 24.8 Å². The third-order valence-electron chi connectivity index (χ3n) is 5.66. The largest absolute Gasteiger partial charge is 0.368 e. The molecule has 2 amide bonds. The van der Waals surface area contributed by atoms with Crippen molar-refractivity contribution in [1.82, 2.24) is 20.0 Å². The molecule has 2 fully saturated rings. The minimum Gasteiger partial charge on any atom is -0.368 e. The maximum absolute atomic E-state index is 12.7. The maximum atomic E-state index is 12.7. The molecule has 164 valence electrons. The smallest absolute Gasteiger partial charge is 0.251 e. The van der Waals surface area contributed by atoms with Crippen LogP contribution in [0, 0.1) is 0 Å². The molecule has 0 saturated carbocycles.